The Balaban J connectivity index is 1.85. The Morgan fingerprint density at radius 1 is 0.962 bits per heavy atom. The molecule has 2 aromatic carbocycles. The van der Waals surface area contributed by atoms with E-state index in [1.54, 1.807) is 30.4 Å². The van der Waals surface area contributed by atoms with Crippen LogP contribution in [-0.2, 0) is 0 Å². The van der Waals surface area contributed by atoms with Gasteiger partial charge >= 0.3 is 6.36 Å². The minimum Gasteiger partial charge on any atom is -0.497 e. The van der Waals surface area contributed by atoms with Crippen molar-refractivity contribution in [3.63, 3.8) is 0 Å². The Hall–Kier alpha value is -3.22. The molecule has 3 rings (SSSR count). The highest BCUT2D eigenvalue weighted by Gasteiger charge is 2.30. The van der Waals surface area contributed by atoms with E-state index in [1.807, 2.05) is 0 Å². The zero-order valence-corrected chi connectivity index (χ0v) is 13.5. The van der Waals surface area contributed by atoms with Gasteiger partial charge in [-0.3, -0.25) is 4.79 Å². The van der Waals surface area contributed by atoms with Gasteiger partial charge in [0.25, 0.3) is 0 Å². The molecule has 1 heterocycles. The molecular formula is C19H13F3O4. The first-order valence-electron chi connectivity index (χ1n) is 7.50. The third kappa shape index (κ3) is 4.24. The number of hydrogen-bond acceptors (Lipinski definition) is 4. The Morgan fingerprint density at radius 2 is 1.65 bits per heavy atom. The quantitative estimate of drug-likeness (QED) is 0.664. The van der Waals surface area contributed by atoms with Crippen LogP contribution < -0.4 is 14.9 Å². The topological polar surface area (TPSA) is 48.7 Å². The van der Waals surface area contributed by atoms with Crippen LogP contribution in [0.15, 0.2) is 57.7 Å². The average molecular weight is 362 g/mol. The molecule has 7 heteroatoms. The highest BCUT2D eigenvalue weighted by Crippen LogP contribution is 2.24. The molecule has 0 spiro atoms. The Morgan fingerprint density at radius 3 is 2.31 bits per heavy atom. The van der Waals surface area contributed by atoms with E-state index in [2.05, 4.69) is 4.74 Å². The highest BCUT2D eigenvalue weighted by molar-refractivity contribution is 5.79. The van der Waals surface area contributed by atoms with E-state index in [-0.39, 0.29) is 11.2 Å². The monoisotopic (exact) mass is 362 g/mol. The molecule has 0 aliphatic carbocycles. The van der Waals surface area contributed by atoms with E-state index in [9.17, 15) is 18.0 Å². The summed E-state index contributed by atoms with van der Waals surface area (Å²) >= 11 is 0. The van der Waals surface area contributed by atoms with Crippen molar-refractivity contribution in [2.75, 3.05) is 7.11 Å². The smallest absolute Gasteiger partial charge is 0.497 e. The van der Waals surface area contributed by atoms with Gasteiger partial charge in [0.05, 0.1) is 12.5 Å². The highest BCUT2D eigenvalue weighted by atomic mass is 19.4. The summed E-state index contributed by atoms with van der Waals surface area (Å²) in [6.45, 7) is 0. The third-order valence-corrected chi connectivity index (χ3v) is 3.51. The predicted molar refractivity (Wildman–Crippen MR) is 91.1 cm³/mol. The lowest BCUT2D eigenvalue weighted by molar-refractivity contribution is -0.274. The van der Waals surface area contributed by atoms with Crippen LogP contribution in [0.3, 0.4) is 0 Å². The van der Waals surface area contributed by atoms with Crippen molar-refractivity contribution in [3.8, 4) is 11.5 Å². The second-order valence-corrected chi connectivity index (χ2v) is 5.33. The van der Waals surface area contributed by atoms with Crippen molar-refractivity contribution >= 4 is 23.1 Å². The summed E-state index contributed by atoms with van der Waals surface area (Å²) in [5.74, 6) is 0.562. The van der Waals surface area contributed by atoms with Crippen molar-refractivity contribution < 1.29 is 27.1 Å². The number of alkyl halides is 3. The second-order valence-electron chi connectivity index (χ2n) is 5.33. The molecule has 0 atom stereocenters. The lowest BCUT2D eigenvalue weighted by Crippen LogP contribution is -2.16. The summed E-state index contributed by atoms with van der Waals surface area (Å²) < 4.78 is 51.0. The van der Waals surface area contributed by atoms with Gasteiger partial charge in [-0.15, -0.1) is 13.2 Å². The number of halogens is 3. The molecule has 26 heavy (non-hydrogen) atoms. The van der Waals surface area contributed by atoms with Crippen LogP contribution in [0.2, 0.25) is 0 Å². The Bertz CT molecular complexity index is 1000. The summed E-state index contributed by atoms with van der Waals surface area (Å²) in [5, 5.41) is 0.427. The van der Waals surface area contributed by atoms with Crippen molar-refractivity contribution in [1.82, 2.24) is 0 Å². The number of methoxy groups -OCH3 is 1. The van der Waals surface area contributed by atoms with Gasteiger partial charge in [0.2, 0.25) is 0 Å². The van der Waals surface area contributed by atoms with E-state index >= 15 is 0 Å². The Labute approximate surface area is 146 Å². The lowest BCUT2D eigenvalue weighted by Gasteiger charge is -2.08. The molecule has 0 fully saturated rings. The number of ether oxygens (including phenoxy) is 2. The first kappa shape index (κ1) is 17.6. The number of benzene rings is 2. The second kappa shape index (κ2) is 6.95. The van der Waals surface area contributed by atoms with Gasteiger partial charge in [-0.2, -0.15) is 0 Å². The fourth-order valence-electron chi connectivity index (χ4n) is 2.32. The maximum absolute atomic E-state index is 12.1. The van der Waals surface area contributed by atoms with E-state index < -0.39 is 6.36 Å². The summed E-state index contributed by atoms with van der Waals surface area (Å²) in [6.07, 6.45) is -1.56. The van der Waals surface area contributed by atoms with Crippen LogP contribution in [0.1, 0.15) is 11.3 Å². The molecule has 0 amide bonds. The van der Waals surface area contributed by atoms with Gasteiger partial charge < -0.3 is 13.9 Å². The number of fused-ring (bicyclic) bond motifs is 1. The molecule has 0 unspecified atom stereocenters. The van der Waals surface area contributed by atoms with E-state index in [0.29, 0.717) is 28.0 Å². The van der Waals surface area contributed by atoms with Gasteiger partial charge in [0.1, 0.15) is 22.8 Å². The van der Waals surface area contributed by atoms with Gasteiger partial charge in [-0.1, -0.05) is 18.2 Å². The van der Waals surface area contributed by atoms with Crippen molar-refractivity contribution in [3.05, 3.63) is 70.1 Å². The summed E-state index contributed by atoms with van der Waals surface area (Å²) in [5.41, 5.74) is 0.792. The maximum atomic E-state index is 12.1. The SMILES string of the molecule is COc1ccc2c(=O)cc(/C=C/c3ccc(OC(F)(F)F)cc3)oc2c1. The van der Waals surface area contributed by atoms with Crippen molar-refractivity contribution in [2.45, 2.75) is 6.36 Å². The molecule has 134 valence electrons. The van der Waals surface area contributed by atoms with E-state index in [4.69, 9.17) is 9.15 Å². The molecule has 0 saturated carbocycles. The minimum atomic E-state index is -4.73. The van der Waals surface area contributed by atoms with Crippen molar-refractivity contribution in [2.24, 2.45) is 0 Å². The standard InChI is InChI=1S/C19H13F3O4/c1-24-14-8-9-16-17(23)10-15(25-18(16)11-14)7-4-12-2-5-13(6-3-12)26-19(20,21)22/h2-11H,1H3/b7-4+. The van der Waals surface area contributed by atoms with Crippen LogP contribution in [-0.4, -0.2) is 13.5 Å². The molecule has 4 nitrogen and oxygen atoms in total. The lowest BCUT2D eigenvalue weighted by atomic mass is 10.1. The van der Waals surface area contributed by atoms with Gasteiger partial charge in [-0.05, 0) is 35.9 Å². The molecule has 0 N–H and O–H groups in total. The summed E-state index contributed by atoms with van der Waals surface area (Å²) in [6, 6.07) is 11.6. The van der Waals surface area contributed by atoms with Gasteiger partial charge in [0.15, 0.2) is 5.43 Å². The Kier molecular flexibility index (Phi) is 4.71. The number of hydrogen-bond donors (Lipinski definition) is 0. The fraction of sp³-hybridized carbons (Fsp3) is 0.105. The van der Waals surface area contributed by atoms with Crippen LogP contribution in [0, 0.1) is 0 Å². The van der Waals surface area contributed by atoms with E-state index in [0.717, 1.165) is 0 Å². The molecule has 0 radical (unpaired) electrons. The number of rotatable bonds is 4. The molecule has 0 bridgehead atoms. The molecule has 1 aromatic heterocycles. The molecule has 0 aliphatic rings. The first-order valence-corrected chi connectivity index (χ1v) is 7.50. The average Bonchev–Trinajstić information content (AvgIpc) is 2.59. The molecule has 3 aromatic rings. The first-order chi connectivity index (χ1) is 12.3. The van der Waals surface area contributed by atoms with Gasteiger partial charge in [-0.25, -0.2) is 0 Å². The van der Waals surface area contributed by atoms with Crippen LogP contribution in [0.25, 0.3) is 23.1 Å². The minimum absolute atomic E-state index is 0.206. The summed E-state index contributed by atoms with van der Waals surface area (Å²) in [7, 11) is 1.51. The fourth-order valence-corrected chi connectivity index (χ4v) is 2.32. The van der Waals surface area contributed by atoms with Crippen molar-refractivity contribution in [1.29, 1.82) is 0 Å². The third-order valence-electron chi connectivity index (χ3n) is 3.51. The predicted octanol–water partition coefficient (Wildman–Crippen LogP) is 4.87. The van der Waals surface area contributed by atoms with E-state index in [1.165, 1.54) is 37.4 Å². The largest absolute Gasteiger partial charge is 0.573 e. The summed E-state index contributed by atoms with van der Waals surface area (Å²) in [4.78, 5) is 12.1. The molecular weight excluding hydrogens is 349 g/mol. The van der Waals surface area contributed by atoms with Crippen LogP contribution >= 0.6 is 0 Å². The molecule has 0 aliphatic heterocycles. The molecule has 0 saturated heterocycles. The zero-order chi connectivity index (χ0) is 18.7. The zero-order valence-electron chi connectivity index (χ0n) is 13.5. The van der Waals surface area contributed by atoms with Crippen LogP contribution in [0.4, 0.5) is 13.2 Å². The maximum Gasteiger partial charge on any atom is 0.573 e. The van der Waals surface area contributed by atoms with Gasteiger partial charge in [0, 0.05) is 12.1 Å². The van der Waals surface area contributed by atoms with Crippen LogP contribution in [0.5, 0.6) is 11.5 Å². The normalized spacial score (nSPS) is 11.8.